The number of Topliss-reactive ketones (excluding diaryl/α,β-unsaturated/α-hetero) is 1. The van der Waals surface area contributed by atoms with E-state index in [4.69, 9.17) is 4.74 Å². The van der Waals surface area contributed by atoms with Gasteiger partial charge in [-0.1, -0.05) is 60.7 Å². The van der Waals surface area contributed by atoms with Crippen molar-refractivity contribution in [2.24, 2.45) is 5.92 Å². The molecule has 1 saturated heterocycles. The molecule has 2 heterocycles. The Morgan fingerprint density at radius 1 is 0.943 bits per heavy atom. The smallest absolute Gasteiger partial charge is 0.227 e. The Bertz CT molecular complexity index is 1340. The van der Waals surface area contributed by atoms with Crippen LogP contribution in [0.25, 0.3) is 22.2 Å². The normalized spacial score (nSPS) is 14.7. The van der Waals surface area contributed by atoms with Gasteiger partial charge in [-0.15, -0.1) is 0 Å². The molecule has 0 unspecified atom stereocenters. The number of piperidine rings is 1. The third-order valence-corrected chi connectivity index (χ3v) is 6.74. The third-order valence-electron chi connectivity index (χ3n) is 6.74. The molecule has 0 bridgehead atoms. The van der Waals surface area contributed by atoms with Gasteiger partial charge in [-0.2, -0.15) is 0 Å². The SMILES string of the molecule is COc1ccccc1NC(=O)C1CCN(CC(=O)c2c(-c3ccccc3)[nH]c3ccccc23)CC1. The highest BCUT2D eigenvalue weighted by Crippen LogP contribution is 2.31. The molecule has 0 atom stereocenters. The molecule has 1 aromatic heterocycles. The number of rotatable bonds is 7. The monoisotopic (exact) mass is 467 g/mol. The maximum atomic E-state index is 13.6. The molecule has 3 aromatic carbocycles. The minimum absolute atomic E-state index is 0.00321. The van der Waals surface area contributed by atoms with Gasteiger partial charge in [0.25, 0.3) is 0 Å². The number of carbonyl (C=O) groups is 2. The van der Waals surface area contributed by atoms with Gasteiger partial charge in [0.05, 0.1) is 30.6 Å². The molecule has 178 valence electrons. The second-order valence-electron chi connectivity index (χ2n) is 8.95. The van der Waals surface area contributed by atoms with Crippen molar-refractivity contribution in [2.75, 3.05) is 32.1 Å². The van der Waals surface area contributed by atoms with E-state index in [0.717, 1.165) is 27.7 Å². The van der Waals surface area contributed by atoms with E-state index < -0.39 is 0 Å². The molecule has 35 heavy (non-hydrogen) atoms. The maximum Gasteiger partial charge on any atom is 0.227 e. The molecular weight excluding hydrogens is 438 g/mol. The highest BCUT2D eigenvalue weighted by Gasteiger charge is 2.28. The van der Waals surface area contributed by atoms with Crippen LogP contribution in [0.3, 0.4) is 0 Å². The van der Waals surface area contributed by atoms with Gasteiger partial charge in [0, 0.05) is 16.8 Å². The lowest BCUT2D eigenvalue weighted by molar-refractivity contribution is -0.121. The zero-order chi connectivity index (χ0) is 24.2. The van der Waals surface area contributed by atoms with Crippen LogP contribution in [0.15, 0.2) is 78.9 Å². The molecule has 4 aromatic rings. The summed E-state index contributed by atoms with van der Waals surface area (Å²) in [4.78, 5) is 32.0. The Labute approximate surface area is 204 Å². The first-order chi connectivity index (χ1) is 17.1. The van der Waals surface area contributed by atoms with Gasteiger partial charge in [-0.05, 0) is 49.7 Å². The predicted molar refractivity (Wildman–Crippen MR) is 139 cm³/mol. The summed E-state index contributed by atoms with van der Waals surface area (Å²) in [5, 5.41) is 3.95. The number of ether oxygens (including phenoxy) is 1. The first kappa shape index (κ1) is 22.9. The van der Waals surface area contributed by atoms with Crippen molar-refractivity contribution in [3.8, 4) is 17.0 Å². The fraction of sp³-hybridized carbons (Fsp3) is 0.241. The van der Waals surface area contributed by atoms with Gasteiger partial charge in [-0.25, -0.2) is 0 Å². The first-order valence-electron chi connectivity index (χ1n) is 12.0. The number of amides is 1. The Kier molecular flexibility index (Phi) is 6.64. The molecule has 1 fully saturated rings. The molecule has 0 aliphatic carbocycles. The topological polar surface area (TPSA) is 74.4 Å². The quantitative estimate of drug-likeness (QED) is 0.358. The van der Waals surface area contributed by atoms with Crippen LogP contribution in [-0.4, -0.2) is 48.3 Å². The van der Waals surface area contributed by atoms with E-state index in [0.29, 0.717) is 43.9 Å². The number of anilines is 1. The summed E-state index contributed by atoms with van der Waals surface area (Å²) in [7, 11) is 1.59. The van der Waals surface area contributed by atoms with Crippen molar-refractivity contribution in [1.82, 2.24) is 9.88 Å². The molecule has 1 amide bonds. The van der Waals surface area contributed by atoms with Crippen LogP contribution >= 0.6 is 0 Å². The van der Waals surface area contributed by atoms with Crippen LogP contribution < -0.4 is 10.1 Å². The predicted octanol–water partition coefficient (Wildman–Crippen LogP) is 5.38. The Morgan fingerprint density at radius 3 is 2.40 bits per heavy atom. The fourth-order valence-electron chi connectivity index (χ4n) is 4.87. The number of nitrogens with one attached hydrogen (secondary N) is 2. The largest absolute Gasteiger partial charge is 0.495 e. The lowest BCUT2D eigenvalue weighted by atomic mass is 9.95. The number of hydrogen-bond acceptors (Lipinski definition) is 4. The Hall–Kier alpha value is -3.90. The molecular formula is C29H29N3O3. The lowest BCUT2D eigenvalue weighted by Gasteiger charge is -2.30. The van der Waals surface area contributed by atoms with Crippen molar-refractivity contribution in [1.29, 1.82) is 0 Å². The van der Waals surface area contributed by atoms with E-state index in [1.807, 2.05) is 78.9 Å². The number of aromatic nitrogens is 1. The number of para-hydroxylation sites is 3. The van der Waals surface area contributed by atoms with Gasteiger partial charge in [0.15, 0.2) is 5.78 Å². The van der Waals surface area contributed by atoms with Gasteiger partial charge >= 0.3 is 0 Å². The number of ketones is 1. The zero-order valence-electron chi connectivity index (χ0n) is 19.8. The minimum Gasteiger partial charge on any atom is -0.495 e. The highest BCUT2D eigenvalue weighted by molar-refractivity contribution is 6.14. The first-order valence-corrected chi connectivity index (χ1v) is 12.0. The van der Waals surface area contributed by atoms with Crippen molar-refractivity contribution in [3.05, 3.63) is 84.4 Å². The van der Waals surface area contributed by atoms with E-state index >= 15 is 0 Å². The van der Waals surface area contributed by atoms with Crippen molar-refractivity contribution in [3.63, 3.8) is 0 Å². The van der Waals surface area contributed by atoms with E-state index in [9.17, 15) is 9.59 Å². The number of carbonyl (C=O) groups excluding carboxylic acids is 2. The zero-order valence-corrected chi connectivity index (χ0v) is 19.8. The van der Waals surface area contributed by atoms with Gasteiger partial charge in [0.2, 0.25) is 5.91 Å². The summed E-state index contributed by atoms with van der Waals surface area (Å²) >= 11 is 0. The van der Waals surface area contributed by atoms with Crippen LogP contribution in [0.2, 0.25) is 0 Å². The average Bonchev–Trinajstić information content (AvgIpc) is 3.30. The second kappa shape index (κ2) is 10.2. The van der Waals surface area contributed by atoms with Crippen LogP contribution in [0, 0.1) is 5.92 Å². The molecule has 2 N–H and O–H groups in total. The van der Waals surface area contributed by atoms with Crippen LogP contribution in [0.5, 0.6) is 5.75 Å². The number of hydrogen-bond donors (Lipinski definition) is 2. The molecule has 6 nitrogen and oxygen atoms in total. The average molecular weight is 468 g/mol. The van der Waals surface area contributed by atoms with E-state index in [1.54, 1.807) is 7.11 Å². The van der Waals surface area contributed by atoms with Crippen LogP contribution in [0.1, 0.15) is 23.2 Å². The number of H-pyrrole nitrogens is 1. The number of nitrogens with zero attached hydrogens (tertiary/aromatic N) is 1. The fourth-order valence-corrected chi connectivity index (χ4v) is 4.87. The summed E-state index contributed by atoms with van der Waals surface area (Å²) in [6, 6.07) is 25.4. The summed E-state index contributed by atoms with van der Waals surface area (Å²) in [5.74, 6) is 0.665. The van der Waals surface area contributed by atoms with Crippen LogP contribution in [0.4, 0.5) is 5.69 Å². The van der Waals surface area contributed by atoms with E-state index in [-0.39, 0.29) is 17.6 Å². The Morgan fingerprint density at radius 2 is 1.63 bits per heavy atom. The highest BCUT2D eigenvalue weighted by atomic mass is 16.5. The Balaban J connectivity index is 1.26. The second-order valence-corrected chi connectivity index (χ2v) is 8.95. The maximum absolute atomic E-state index is 13.6. The summed E-state index contributed by atoms with van der Waals surface area (Å²) < 4.78 is 5.34. The molecule has 1 aliphatic heterocycles. The van der Waals surface area contributed by atoms with Gasteiger partial charge in [-0.3, -0.25) is 14.5 Å². The van der Waals surface area contributed by atoms with Crippen molar-refractivity contribution >= 4 is 28.3 Å². The number of methoxy groups -OCH3 is 1. The number of aromatic amines is 1. The van der Waals surface area contributed by atoms with Gasteiger partial charge in [0.1, 0.15) is 5.75 Å². The molecule has 0 spiro atoms. The van der Waals surface area contributed by atoms with E-state index in [2.05, 4.69) is 15.2 Å². The number of likely N-dealkylation sites (tertiary alicyclic amines) is 1. The van der Waals surface area contributed by atoms with Crippen LogP contribution in [-0.2, 0) is 4.79 Å². The standard InChI is InChI=1S/C29H29N3O3/c1-35-26-14-8-7-13-24(26)31-29(34)21-15-17-32(18-16-21)19-25(33)27-22-11-5-6-12-23(22)30-28(27)20-9-3-2-4-10-20/h2-14,21,30H,15-19H2,1H3,(H,31,34). The van der Waals surface area contributed by atoms with E-state index in [1.165, 1.54) is 0 Å². The molecule has 1 aliphatic rings. The molecule has 0 radical (unpaired) electrons. The van der Waals surface area contributed by atoms with Crippen molar-refractivity contribution in [2.45, 2.75) is 12.8 Å². The molecule has 5 rings (SSSR count). The minimum atomic E-state index is -0.0840. The number of benzene rings is 3. The molecule has 6 heteroatoms. The lowest BCUT2D eigenvalue weighted by Crippen LogP contribution is -2.40. The summed E-state index contributed by atoms with van der Waals surface area (Å²) in [5.41, 5.74) is 4.25. The van der Waals surface area contributed by atoms with Crippen molar-refractivity contribution < 1.29 is 14.3 Å². The number of fused-ring (bicyclic) bond motifs is 1. The third kappa shape index (κ3) is 4.84. The summed E-state index contributed by atoms with van der Waals surface area (Å²) in [6.45, 7) is 1.75. The molecule has 0 saturated carbocycles. The van der Waals surface area contributed by atoms with Gasteiger partial charge < -0.3 is 15.0 Å². The summed E-state index contributed by atoms with van der Waals surface area (Å²) in [6.07, 6.45) is 1.43.